The molecule has 1 aromatic heterocycles. The number of H-pyrrole nitrogens is 1. The van der Waals surface area contributed by atoms with Gasteiger partial charge in [0.2, 0.25) is 10.0 Å². The van der Waals surface area contributed by atoms with Gasteiger partial charge in [0.1, 0.15) is 4.90 Å². The summed E-state index contributed by atoms with van der Waals surface area (Å²) in [6.07, 6.45) is -3.43. The third-order valence-electron chi connectivity index (χ3n) is 2.85. The molecule has 0 atom stereocenters. The van der Waals surface area contributed by atoms with Crippen molar-refractivity contribution in [2.75, 3.05) is 0 Å². The second kappa shape index (κ2) is 5.49. The Morgan fingerprint density at radius 1 is 1.29 bits per heavy atom. The van der Waals surface area contributed by atoms with Gasteiger partial charge in [-0.3, -0.25) is 5.10 Å². The summed E-state index contributed by atoms with van der Waals surface area (Å²) in [5.41, 5.74) is -0.696. The Bertz CT molecular complexity index is 738. The molecule has 21 heavy (non-hydrogen) atoms. The lowest BCUT2D eigenvalue weighted by Gasteiger charge is -2.13. The van der Waals surface area contributed by atoms with Gasteiger partial charge in [0.25, 0.3) is 0 Å². The summed E-state index contributed by atoms with van der Waals surface area (Å²) in [7, 11) is -3.92. The Balaban J connectivity index is 2.24. The van der Waals surface area contributed by atoms with Crippen molar-refractivity contribution in [3.8, 4) is 0 Å². The maximum atomic E-state index is 12.8. The van der Waals surface area contributed by atoms with Crippen molar-refractivity contribution in [2.45, 2.75) is 24.5 Å². The first-order valence-electron chi connectivity index (χ1n) is 5.86. The number of benzene rings is 1. The van der Waals surface area contributed by atoms with E-state index in [1.54, 1.807) is 0 Å². The molecule has 1 aromatic carbocycles. The van der Waals surface area contributed by atoms with E-state index in [0.29, 0.717) is 5.69 Å². The lowest BCUT2D eigenvalue weighted by molar-refractivity contribution is -0.138. The second-order valence-electron chi connectivity index (χ2n) is 4.34. The van der Waals surface area contributed by atoms with Gasteiger partial charge in [0, 0.05) is 6.54 Å². The van der Waals surface area contributed by atoms with Gasteiger partial charge in [0.05, 0.1) is 17.5 Å². The van der Waals surface area contributed by atoms with E-state index in [0.717, 1.165) is 12.3 Å². The number of sulfonamides is 1. The minimum absolute atomic E-state index is 0.0908. The SMILES string of the molecule is Cc1[nH]ncc1S(=O)(=O)NCc1ccccc1C(F)(F)F. The molecular formula is C12H12F3N3O2S. The molecule has 0 saturated heterocycles. The molecule has 2 N–H and O–H groups in total. The molecule has 2 rings (SSSR count). The van der Waals surface area contributed by atoms with Crippen molar-refractivity contribution in [3.63, 3.8) is 0 Å². The number of hydrogen-bond donors (Lipinski definition) is 2. The number of aryl methyl sites for hydroxylation is 1. The van der Waals surface area contributed by atoms with E-state index in [-0.39, 0.29) is 10.5 Å². The monoisotopic (exact) mass is 319 g/mol. The van der Waals surface area contributed by atoms with E-state index in [1.807, 2.05) is 0 Å². The average Bonchev–Trinajstić information content (AvgIpc) is 2.83. The molecule has 1 heterocycles. The third kappa shape index (κ3) is 3.42. The second-order valence-corrected chi connectivity index (χ2v) is 6.07. The van der Waals surface area contributed by atoms with Crippen molar-refractivity contribution in [1.82, 2.24) is 14.9 Å². The minimum Gasteiger partial charge on any atom is -0.281 e. The van der Waals surface area contributed by atoms with Crippen LogP contribution in [0, 0.1) is 6.92 Å². The fourth-order valence-electron chi connectivity index (χ4n) is 1.81. The Kier molecular flexibility index (Phi) is 4.06. The normalized spacial score (nSPS) is 12.6. The van der Waals surface area contributed by atoms with Gasteiger partial charge in [-0.05, 0) is 18.6 Å². The van der Waals surface area contributed by atoms with Gasteiger partial charge < -0.3 is 0 Å². The van der Waals surface area contributed by atoms with Crippen molar-refractivity contribution < 1.29 is 21.6 Å². The van der Waals surface area contributed by atoms with Gasteiger partial charge in [-0.2, -0.15) is 18.3 Å². The first-order valence-corrected chi connectivity index (χ1v) is 7.35. The van der Waals surface area contributed by atoms with Crippen LogP contribution in [-0.2, 0) is 22.7 Å². The smallest absolute Gasteiger partial charge is 0.281 e. The van der Waals surface area contributed by atoms with E-state index in [2.05, 4.69) is 14.9 Å². The number of hydrogen-bond acceptors (Lipinski definition) is 3. The van der Waals surface area contributed by atoms with Crippen LogP contribution in [-0.4, -0.2) is 18.6 Å². The van der Waals surface area contributed by atoms with Crippen LogP contribution >= 0.6 is 0 Å². The van der Waals surface area contributed by atoms with Crippen LogP contribution in [0.25, 0.3) is 0 Å². The lowest BCUT2D eigenvalue weighted by atomic mass is 10.1. The van der Waals surface area contributed by atoms with Gasteiger partial charge >= 0.3 is 6.18 Å². The van der Waals surface area contributed by atoms with Crippen LogP contribution in [0.1, 0.15) is 16.8 Å². The van der Waals surface area contributed by atoms with Crippen LogP contribution in [0.5, 0.6) is 0 Å². The molecule has 0 saturated carbocycles. The van der Waals surface area contributed by atoms with E-state index >= 15 is 0 Å². The molecule has 0 aliphatic heterocycles. The molecule has 0 aliphatic carbocycles. The first kappa shape index (κ1) is 15.5. The maximum Gasteiger partial charge on any atom is 0.416 e. The standard InChI is InChI=1S/C12H12F3N3O2S/c1-8-11(7-16-18-8)21(19,20)17-6-9-4-2-3-5-10(9)12(13,14)15/h2-5,7,17H,6H2,1H3,(H,16,18). The zero-order valence-corrected chi connectivity index (χ0v) is 11.7. The van der Waals surface area contributed by atoms with E-state index < -0.39 is 28.3 Å². The quantitative estimate of drug-likeness (QED) is 0.907. The van der Waals surface area contributed by atoms with Crippen LogP contribution in [0.3, 0.4) is 0 Å². The topological polar surface area (TPSA) is 74.8 Å². The fourth-order valence-corrected chi connectivity index (χ4v) is 2.95. The fraction of sp³-hybridized carbons (Fsp3) is 0.250. The lowest BCUT2D eigenvalue weighted by Crippen LogP contribution is -2.25. The van der Waals surface area contributed by atoms with Gasteiger partial charge in [-0.1, -0.05) is 18.2 Å². The molecule has 0 bridgehead atoms. The predicted octanol–water partition coefficient (Wildman–Crippen LogP) is 2.22. The average molecular weight is 319 g/mol. The largest absolute Gasteiger partial charge is 0.416 e. The molecule has 0 amide bonds. The molecule has 0 unspecified atom stereocenters. The summed E-state index contributed by atoms with van der Waals surface area (Å²) in [5.74, 6) is 0. The number of rotatable bonds is 4. The summed E-state index contributed by atoms with van der Waals surface area (Å²) >= 11 is 0. The van der Waals surface area contributed by atoms with E-state index in [1.165, 1.54) is 25.1 Å². The molecule has 0 fully saturated rings. The minimum atomic E-state index is -4.53. The molecule has 114 valence electrons. The molecule has 2 aromatic rings. The van der Waals surface area contributed by atoms with Gasteiger partial charge in [0.15, 0.2) is 0 Å². The summed E-state index contributed by atoms with van der Waals surface area (Å²) in [6.45, 7) is 1.05. The van der Waals surface area contributed by atoms with Crippen LogP contribution in [0.4, 0.5) is 13.2 Å². The van der Waals surface area contributed by atoms with Crippen LogP contribution in [0.2, 0.25) is 0 Å². The Labute approximate surface area is 119 Å². The number of aromatic amines is 1. The number of nitrogens with one attached hydrogen (secondary N) is 2. The van der Waals surface area contributed by atoms with Crippen LogP contribution < -0.4 is 4.72 Å². The molecule has 0 spiro atoms. The zero-order chi connectivity index (χ0) is 15.7. The highest BCUT2D eigenvalue weighted by Gasteiger charge is 2.33. The molecule has 0 aliphatic rings. The Morgan fingerprint density at radius 3 is 2.52 bits per heavy atom. The summed E-state index contributed by atoms with van der Waals surface area (Å²) < 4.78 is 64.6. The summed E-state index contributed by atoms with van der Waals surface area (Å²) in [4.78, 5) is -0.0908. The zero-order valence-electron chi connectivity index (χ0n) is 10.9. The predicted molar refractivity (Wildman–Crippen MR) is 68.8 cm³/mol. The van der Waals surface area contributed by atoms with E-state index in [9.17, 15) is 21.6 Å². The highest BCUT2D eigenvalue weighted by atomic mass is 32.2. The first-order chi connectivity index (χ1) is 9.72. The number of aromatic nitrogens is 2. The molecule has 0 radical (unpaired) electrons. The Morgan fingerprint density at radius 2 is 1.95 bits per heavy atom. The highest BCUT2D eigenvalue weighted by molar-refractivity contribution is 7.89. The van der Waals surface area contributed by atoms with Crippen molar-refractivity contribution in [1.29, 1.82) is 0 Å². The summed E-state index contributed by atoms with van der Waals surface area (Å²) in [5, 5.41) is 6.04. The third-order valence-corrected chi connectivity index (χ3v) is 4.36. The highest BCUT2D eigenvalue weighted by Crippen LogP contribution is 2.31. The van der Waals surface area contributed by atoms with Crippen molar-refractivity contribution >= 4 is 10.0 Å². The van der Waals surface area contributed by atoms with Crippen LogP contribution in [0.15, 0.2) is 35.4 Å². The number of halogens is 3. The Hall–Kier alpha value is -1.87. The van der Waals surface area contributed by atoms with E-state index in [4.69, 9.17) is 0 Å². The summed E-state index contributed by atoms with van der Waals surface area (Å²) in [6, 6.07) is 4.81. The van der Waals surface area contributed by atoms with Crippen molar-refractivity contribution in [2.24, 2.45) is 0 Å². The number of nitrogens with zero attached hydrogens (tertiary/aromatic N) is 1. The number of alkyl halides is 3. The molecular weight excluding hydrogens is 307 g/mol. The maximum absolute atomic E-state index is 12.8. The van der Waals surface area contributed by atoms with Crippen molar-refractivity contribution in [3.05, 3.63) is 47.3 Å². The van der Waals surface area contributed by atoms with Gasteiger partial charge in [-0.15, -0.1) is 0 Å². The molecule has 9 heteroatoms. The molecule has 5 nitrogen and oxygen atoms in total. The van der Waals surface area contributed by atoms with Gasteiger partial charge in [-0.25, -0.2) is 13.1 Å².